The number of carbonyl (C=O) groups is 2. The topological polar surface area (TPSA) is 102 Å². The summed E-state index contributed by atoms with van der Waals surface area (Å²) in [5, 5.41) is 13.8. The van der Waals surface area contributed by atoms with Crippen molar-refractivity contribution in [3.05, 3.63) is 63.7 Å². The molecule has 0 atom stereocenters. The lowest BCUT2D eigenvalue weighted by Crippen LogP contribution is -2.23. The van der Waals surface area contributed by atoms with Crippen molar-refractivity contribution in [2.24, 2.45) is 0 Å². The molecule has 0 radical (unpaired) electrons. The third-order valence-electron chi connectivity index (χ3n) is 4.91. The van der Waals surface area contributed by atoms with Gasteiger partial charge in [-0.2, -0.15) is 0 Å². The quantitative estimate of drug-likeness (QED) is 0.465. The number of hydrogen-bond acceptors (Lipinski definition) is 6. The van der Waals surface area contributed by atoms with Gasteiger partial charge in [0.05, 0.1) is 17.6 Å². The molecule has 2 aromatic carbocycles. The Kier molecular flexibility index (Phi) is 6.43. The van der Waals surface area contributed by atoms with Crippen LogP contribution in [0.2, 0.25) is 0 Å². The molecule has 0 spiro atoms. The van der Waals surface area contributed by atoms with Crippen molar-refractivity contribution in [3.8, 4) is 0 Å². The lowest BCUT2D eigenvalue weighted by molar-refractivity contribution is -0.384. The third kappa shape index (κ3) is 5.10. The Morgan fingerprint density at radius 2 is 1.62 bits per heavy atom. The van der Waals surface area contributed by atoms with Crippen LogP contribution in [0.4, 0.5) is 17.1 Å². The van der Waals surface area contributed by atoms with E-state index in [-0.39, 0.29) is 16.8 Å². The number of amides is 1. The van der Waals surface area contributed by atoms with Gasteiger partial charge in [0.1, 0.15) is 0 Å². The molecule has 2 aromatic rings. The average Bonchev–Trinajstić information content (AvgIpc) is 3.03. The number of nitrogens with one attached hydrogen (secondary N) is 1. The van der Waals surface area contributed by atoms with Crippen molar-refractivity contribution in [1.82, 2.24) is 0 Å². The maximum atomic E-state index is 12.6. The summed E-state index contributed by atoms with van der Waals surface area (Å²) in [4.78, 5) is 37.1. The van der Waals surface area contributed by atoms with Crippen LogP contribution in [0.5, 0.6) is 0 Å². The fraction of sp³-hybridized carbons (Fsp3) is 0.333. The van der Waals surface area contributed by atoms with E-state index in [1.54, 1.807) is 12.1 Å². The normalized spacial score (nSPS) is 14.0. The Morgan fingerprint density at radius 3 is 2.21 bits per heavy atom. The van der Waals surface area contributed by atoms with E-state index in [4.69, 9.17) is 0 Å². The van der Waals surface area contributed by atoms with Crippen LogP contribution in [-0.4, -0.2) is 37.0 Å². The molecule has 1 N–H and O–H groups in total. The molecule has 1 fully saturated rings. The van der Waals surface area contributed by atoms with Crippen LogP contribution in [0.3, 0.4) is 0 Å². The molecule has 1 heterocycles. The summed E-state index contributed by atoms with van der Waals surface area (Å²) in [6.07, 6.45) is 4.85. The molecule has 0 aliphatic carbocycles. The first-order valence-electron chi connectivity index (χ1n) is 9.52. The fourth-order valence-electron chi connectivity index (χ4n) is 3.37. The molecule has 8 nitrogen and oxygen atoms in total. The summed E-state index contributed by atoms with van der Waals surface area (Å²) >= 11 is 0. The second kappa shape index (κ2) is 9.18. The van der Waals surface area contributed by atoms with Gasteiger partial charge in [0.15, 0.2) is 0 Å². The van der Waals surface area contributed by atoms with Crippen molar-refractivity contribution >= 4 is 28.9 Å². The van der Waals surface area contributed by atoms with Crippen LogP contribution in [0.15, 0.2) is 42.5 Å². The number of methoxy groups -OCH3 is 1. The van der Waals surface area contributed by atoms with E-state index in [2.05, 4.69) is 15.0 Å². The molecule has 1 aliphatic heterocycles. The zero-order valence-electron chi connectivity index (χ0n) is 16.2. The van der Waals surface area contributed by atoms with Gasteiger partial charge in [-0.05, 0) is 43.2 Å². The van der Waals surface area contributed by atoms with Crippen molar-refractivity contribution in [2.45, 2.75) is 25.7 Å². The van der Waals surface area contributed by atoms with Gasteiger partial charge in [-0.25, -0.2) is 4.79 Å². The van der Waals surface area contributed by atoms with Crippen LogP contribution < -0.4 is 10.2 Å². The van der Waals surface area contributed by atoms with Crippen molar-refractivity contribution in [1.29, 1.82) is 0 Å². The number of anilines is 2. The van der Waals surface area contributed by atoms with E-state index in [1.165, 1.54) is 38.9 Å². The van der Waals surface area contributed by atoms with E-state index in [1.807, 2.05) is 12.1 Å². The van der Waals surface area contributed by atoms with Crippen LogP contribution in [-0.2, 0) is 4.74 Å². The molecule has 0 saturated carbocycles. The van der Waals surface area contributed by atoms with Crippen molar-refractivity contribution in [2.75, 3.05) is 30.4 Å². The first kappa shape index (κ1) is 20.3. The number of nitro groups is 1. The number of esters is 1. The number of benzene rings is 2. The van der Waals surface area contributed by atoms with Gasteiger partial charge in [0, 0.05) is 42.2 Å². The van der Waals surface area contributed by atoms with Crippen molar-refractivity contribution in [3.63, 3.8) is 0 Å². The van der Waals surface area contributed by atoms with Gasteiger partial charge >= 0.3 is 5.97 Å². The number of nitrogens with zero attached hydrogens (tertiary/aromatic N) is 2. The maximum Gasteiger partial charge on any atom is 0.338 e. The Morgan fingerprint density at radius 1 is 1.00 bits per heavy atom. The monoisotopic (exact) mass is 397 g/mol. The van der Waals surface area contributed by atoms with E-state index >= 15 is 0 Å². The first-order chi connectivity index (χ1) is 14.0. The number of non-ortho nitro benzene ring substituents is 1. The highest BCUT2D eigenvalue weighted by Crippen LogP contribution is 2.23. The minimum Gasteiger partial charge on any atom is -0.465 e. The SMILES string of the molecule is COC(=O)c1cc(C(=O)Nc2ccc(N3CCCCCC3)cc2)cc([N+](=O)[O-])c1. The second-order valence-electron chi connectivity index (χ2n) is 6.92. The first-order valence-corrected chi connectivity index (χ1v) is 9.52. The van der Waals surface area contributed by atoms with Crippen LogP contribution in [0, 0.1) is 10.1 Å². The van der Waals surface area contributed by atoms with Crippen molar-refractivity contribution < 1.29 is 19.2 Å². The number of hydrogen-bond donors (Lipinski definition) is 1. The average molecular weight is 397 g/mol. The fourth-order valence-corrected chi connectivity index (χ4v) is 3.37. The van der Waals surface area contributed by atoms with Gasteiger partial charge in [-0.15, -0.1) is 0 Å². The molecule has 0 unspecified atom stereocenters. The molecule has 0 aromatic heterocycles. The predicted octanol–water partition coefficient (Wildman–Crippen LogP) is 4.01. The van der Waals surface area contributed by atoms with Gasteiger partial charge in [-0.1, -0.05) is 12.8 Å². The minimum atomic E-state index is -0.746. The molecule has 29 heavy (non-hydrogen) atoms. The zero-order chi connectivity index (χ0) is 20.8. The standard InChI is InChI=1S/C21H23N3O5/c1-29-21(26)16-12-15(13-19(14-16)24(27)28)20(25)22-17-6-8-18(9-7-17)23-10-4-2-3-5-11-23/h6-9,12-14H,2-5,10-11H2,1H3,(H,22,25). The summed E-state index contributed by atoms with van der Waals surface area (Å²) in [5.41, 5.74) is 1.28. The zero-order valence-corrected chi connectivity index (χ0v) is 16.2. The molecule has 0 bridgehead atoms. The third-order valence-corrected chi connectivity index (χ3v) is 4.91. The summed E-state index contributed by atoms with van der Waals surface area (Å²) in [7, 11) is 1.17. The molecule has 8 heteroatoms. The van der Waals surface area contributed by atoms with Gasteiger partial charge in [0.25, 0.3) is 11.6 Å². The Balaban J connectivity index is 1.76. The molecular formula is C21H23N3O5. The molecule has 1 aliphatic rings. The molecule has 1 amide bonds. The number of carbonyl (C=O) groups excluding carboxylic acids is 2. The molecular weight excluding hydrogens is 374 g/mol. The van der Waals surface area contributed by atoms with E-state index in [0.717, 1.165) is 30.9 Å². The number of nitro benzene ring substituents is 1. The van der Waals surface area contributed by atoms with E-state index in [0.29, 0.717) is 5.69 Å². The minimum absolute atomic E-state index is 0.0104. The summed E-state index contributed by atoms with van der Waals surface area (Å²) in [6, 6.07) is 11.0. The van der Waals surface area contributed by atoms with Crippen LogP contribution >= 0.6 is 0 Å². The highest BCUT2D eigenvalue weighted by molar-refractivity contribution is 6.06. The molecule has 152 valence electrons. The maximum absolute atomic E-state index is 12.6. The summed E-state index contributed by atoms with van der Waals surface area (Å²) < 4.78 is 4.61. The van der Waals surface area contributed by atoms with Gasteiger partial charge < -0.3 is 15.0 Å². The molecule has 1 saturated heterocycles. The highest BCUT2D eigenvalue weighted by atomic mass is 16.6. The number of ether oxygens (including phenoxy) is 1. The van der Waals surface area contributed by atoms with Gasteiger partial charge in [-0.3, -0.25) is 14.9 Å². The largest absolute Gasteiger partial charge is 0.465 e. The lowest BCUT2D eigenvalue weighted by Gasteiger charge is -2.22. The smallest absolute Gasteiger partial charge is 0.338 e. The summed E-state index contributed by atoms with van der Waals surface area (Å²) in [5.74, 6) is -1.29. The highest BCUT2D eigenvalue weighted by Gasteiger charge is 2.18. The van der Waals surface area contributed by atoms with Crippen LogP contribution in [0.1, 0.15) is 46.4 Å². The lowest BCUT2D eigenvalue weighted by atomic mass is 10.1. The molecule has 3 rings (SSSR count). The van der Waals surface area contributed by atoms with Crippen LogP contribution in [0.25, 0.3) is 0 Å². The van der Waals surface area contributed by atoms with E-state index < -0.39 is 16.8 Å². The van der Waals surface area contributed by atoms with E-state index in [9.17, 15) is 19.7 Å². The Hall–Kier alpha value is -3.42. The second-order valence-corrected chi connectivity index (χ2v) is 6.92. The van der Waals surface area contributed by atoms with Gasteiger partial charge in [0.2, 0.25) is 0 Å². The predicted molar refractivity (Wildman–Crippen MR) is 110 cm³/mol. The summed E-state index contributed by atoms with van der Waals surface area (Å²) in [6.45, 7) is 2.05. The number of rotatable bonds is 5. The Bertz CT molecular complexity index is 903. The Labute approximate surface area is 168 Å².